The van der Waals surface area contributed by atoms with Crippen LogP contribution in [0.25, 0.3) is 0 Å². The number of aromatic hydroxyl groups is 1. The van der Waals surface area contributed by atoms with Crippen molar-refractivity contribution in [2.45, 2.75) is 72.1 Å². The van der Waals surface area contributed by atoms with E-state index in [1.807, 2.05) is 0 Å². The highest BCUT2D eigenvalue weighted by molar-refractivity contribution is 7.16. The monoisotopic (exact) mass is 415 g/mol. The van der Waals surface area contributed by atoms with Gasteiger partial charge in [0.05, 0.1) is 5.00 Å². The molecular formula is C24H33NO3S. The van der Waals surface area contributed by atoms with Crippen LogP contribution in [0.2, 0.25) is 0 Å². The lowest BCUT2D eigenvalue weighted by Gasteiger charge is -2.47. The van der Waals surface area contributed by atoms with E-state index in [2.05, 4.69) is 53.8 Å². The highest BCUT2D eigenvalue weighted by Crippen LogP contribution is 2.56. The van der Waals surface area contributed by atoms with Gasteiger partial charge in [0.1, 0.15) is 11.3 Å². The van der Waals surface area contributed by atoms with Gasteiger partial charge in [-0.05, 0) is 60.3 Å². The number of hydrogen-bond acceptors (Lipinski definition) is 4. The van der Waals surface area contributed by atoms with Crippen molar-refractivity contribution in [1.29, 1.82) is 0 Å². The Morgan fingerprint density at radius 2 is 1.93 bits per heavy atom. The number of hydrogen-bond donors (Lipinski definition) is 3. The molecule has 0 aliphatic heterocycles. The van der Waals surface area contributed by atoms with E-state index in [-0.39, 0.29) is 22.1 Å². The van der Waals surface area contributed by atoms with Gasteiger partial charge >= 0.3 is 5.97 Å². The normalized spacial score (nSPS) is 19.8. The number of aromatic carboxylic acids is 1. The van der Waals surface area contributed by atoms with Crippen molar-refractivity contribution in [2.75, 3.05) is 5.32 Å². The van der Waals surface area contributed by atoms with Gasteiger partial charge in [-0.2, -0.15) is 0 Å². The first-order chi connectivity index (χ1) is 13.3. The zero-order valence-corrected chi connectivity index (χ0v) is 19.3. The van der Waals surface area contributed by atoms with E-state index in [1.54, 1.807) is 17.4 Å². The van der Waals surface area contributed by atoms with Crippen LogP contribution in [0.1, 0.15) is 80.7 Å². The molecule has 1 aliphatic rings. The van der Waals surface area contributed by atoms with Crippen molar-refractivity contribution in [3.05, 3.63) is 39.8 Å². The minimum Gasteiger partial charge on any atom is -0.507 e. The molecule has 0 radical (unpaired) electrons. The van der Waals surface area contributed by atoms with Gasteiger partial charge in [-0.15, -0.1) is 11.3 Å². The molecule has 1 aliphatic carbocycles. The van der Waals surface area contributed by atoms with Gasteiger partial charge in [0.2, 0.25) is 0 Å². The third-order valence-electron chi connectivity index (χ3n) is 6.43. The Labute approximate surface area is 178 Å². The first kappa shape index (κ1) is 21.7. The van der Waals surface area contributed by atoms with Gasteiger partial charge in [-0.25, -0.2) is 4.79 Å². The molecule has 0 saturated heterocycles. The van der Waals surface area contributed by atoms with Gasteiger partial charge in [0, 0.05) is 22.0 Å². The average Bonchev–Trinajstić information content (AvgIpc) is 2.91. The molecule has 1 aromatic carbocycles. The second kappa shape index (κ2) is 7.35. The average molecular weight is 416 g/mol. The van der Waals surface area contributed by atoms with E-state index in [9.17, 15) is 9.90 Å². The second-order valence-corrected chi connectivity index (χ2v) is 11.1. The maximum atomic E-state index is 11.1. The summed E-state index contributed by atoms with van der Waals surface area (Å²) in [6.45, 7) is 16.2. The van der Waals surface area contributed by atoms with Gasteiger partial charge in [0.15, 0.2) is 0 Å². The highest BCUT2D eigenvalue weighted by Gasteiger charge is 2.46. The van der Waals surface area contributed by atoms with Crippen molar-refractivity contribution < 1.29 is 15.0 Å². The zero-order chi connectivity index (χ0) is 21.7. The van der Waals surface area contributed by atoms with Crippen LogP contribution >= 0.6 is 11.3 Å². The van der Waals surface area contributed by atoms with Crippen LogP contribution in [-0.2, 0) is 10.8 Å². The number of fused-ring (bicyclic) bond motifs is 1. The number of benzene rings is 1. The van der Waals surface area contributed by atoms with Crippen LogP contribution in [0.5, 0.6) is 5.75 Å². The first-order valence-electron chi connectivity index (χ1n) is 10.3. The van der Waals surface area contributed by atoms with Crippen molar-refractivity contribution in [1.82, 2.24) is 0 Å². The standard InChI is InChI=1S/C24H33NO3S/c1-13(2)10-15-12-23(4,5)19-14(3)21(29-20(19)24(15,6)7)25-16-8-9-17(22(27)28)18(26)11-16/h8-9,11,13,15,25-26H,10,12H2,1-7H3,(H,27,28). The molecule has 0 amide bonds. The van der Waals surface area contributed by atoms with Crippen LogP contribution in [0.4, 0.5) is 10.7 Å². The van der Waals surface area contributed by atoms with E-state index < -0.39 is 5.97 Å². The molecule has 0 fully saturated rings. The Kier molecular flexibility index (Phi) is 5.50. The summed E-state index contributed by atoms with van der Waals surface area (Å²) < 4.78 is 0. The molecule has 4 nitrogen and oxygen atoms in total. The topological polar surface area (TPSA) is 69.6 Å². The van der Waals surface area contributed by atoms with Crippen LogP contribution < -0.4 is 5.32 Å². The number of rotatable bonds is 5. The molecule has 0 saturated carbocycles. The van der Waals surface area contributed by atoms with Gasteiger partial charge in [0.25, 0.3) is 0 Å². The van der Waals surface area contributed by atoms with E-state index >= 15 is 0 Å². The molecular weight excluding hydrogens is 382 g/mol. The molecule has 5 heteroatoms. The number of thiophene rings is 1. The lowest BCUT2D eigenvalue weighted by atomic mass is 9.58. The number of phenols is 1. The summed E-state index contributed by atoms with van der Waals surface area (Å²) in [5, 5.41) is 23.7. The fourth-order valence-electron chi connectivity index (χ4n) is 4.93. The van der Waals surface area contributed by atoms with Crippen molar-refractivity contribution in [3.8, 4) is 5.75 Å². The molecule has 0 spiro atoms. The quantitative estimate of drug-likeness (QED) is 0.501. The predicted molar refractivity (Wildman–Crippen MR) is 121 cm³/mol. The van der Waals surface area contributed by atoms with E-state index in [0.29, 0.717) is 17.5 Å². The van der Waals surface area contributed by atoms with Crippen LogP contribution in [0.15, 0.2) is 18.2 Å². The lowest BCUT2D eigenvalue weighted by molar-refractivity contribution is 0.0694. The Balaban J connectivity index is 2.02. The third-order valence-corrected chi connectivity index (χ3v) is 7.97. The second-order valence-electron chi connectivity index (χ2n) is 10.1. The van der Waals surface area contributed by atoms with E-state index in [4.69, 9.17) is 5.11 Å². The molecule has 1 heterocycles. The van der Waals surface area contributed by atoms with Crippen LogP contribution in [0, 0.1) is 18.8 Å². The first-order valence-corrected chi connectivity index (χ1v) is 11.1. The Bertz CT molecular complexity index is 940. The minimum atomic E-state index is -1.13. The molecule has 0 bridgehead atoms. The number of anilines is 2. The zero-order valence-electron chi connectivity index (χ0n) is 18.5. The summed E-state index contributed by atoms with van der Waals surface area (Å²) in [6, 6.07) is 4.63. The van der Waals surface area contributed by atoms with Gasteiger partial charge in [-0.1, -0.05) is 41.5 Å². The summed E-state index contributed by atoms with van der Waals surface area (Å²) in [5.41, 5.74) is 3.54. The number of nitrogens with one attached hydrogen (secondary N) is 1. The number of carbonyl (C=O) groups is 1. The number of carboxylic acid groups (broad SMARTS) is 1. The van der Waals surface area contributed by atoms with E-state index in [0.717, 1.165) is 5.00 Å². The van der Waals surface area contributed by atoms with Gasteiger partial charge < -0.3 is 15.5 Å². The molecule has 29 heavy (non-hydrogen) atoms. The van der Waals surface area contributed by atoms with Crippen LogP contribution in [0.3, 0.4) is 0 Å². The van der Waals surface area contributed by atoms with Gasteiger partial charge in [-0.3, -0.25) is 0 Å². The summed E-state index contributed by atoms with van der Waals surface area (Å²) in [6.07, 6.45) is 2.40. The Morgan fingerprint density at radius 3 is 2.48 bits per heavy atom. The molecule has 1 aromatic heterocycles. The maximum Gasteiger partial charge on any atom is 0.339 e. The molecule has 3 N–H and O–H groups in total. The molecule has 1 unspecified atom stereocenters. The SMILES string of the molecule is Cc1c(Nc2ccc(C(=O)O)c(O)c2)sc2c1C(C)(C)CC(CC(C)C)C2(C)C. The summed E-state index contributed by atoms with van der Waals surface area (Å²) in [4.78, 5) is 12.6. The fourth-order valence-corrected chi connectivity index (χ4v) is 6.52. The van der Waals surface area contributed by atoms with Crippen molar-refractivity contribution in [2.24, 2.45) is 11.8 Å². The fraction of sp³-hybridized carbons (Fsp3) is 0.542. The predicted octanol–water partition coefficient (Wildman–Crippen LogP) is 6.83. The minimum absolute atomic E-state index is 0.0865. The summed E-state index contributed by atoms with van der Waals surface area (Å²) in [5.74, 6) is -0.0450. The van der Waals surface area contributed by atoms with Crippen LogP contribution in [-0.4, -0.2) is 16.2 Å². The molecule has 3 rings (SSSR count). The molecule has 2 aromatic rings. The molecule has 1 atom stereocenters. The summed E-state index contributed by atoms with van der Waals surface area (Å²) >= 11 is 1.80. The lowest BCUT2D eigenvalue weighted by Crippen LogP contribution is -2.41. The Morgan fingerprint density at radius 1 is 1.28 bits per heavy atom. The van der Waals surface area contributed by atoms with Crippen molar-refractivity contribution in [3.63, 3.8) is 0 Å². The molecule has 158 valence electrons. The third kappa shape index (κ3) is 3.89. The van der Waals surface area contributed by atoms with Crippen molar-refractivity contribution >= 4 is 28.0 Å². The number of carboxylic acids is 1. The Hall–Kier alpha value is -2.01. The highest BCUT2D eigenvalue weighted by atomic mass is 32.1. The largest absolute Gasteiger partial charge is 0.507 e. The maximum absolute atomic E-state index is 11.1. The smallest absolute Gasteiger partial charge is 0.339 e. The summed E-state index contributed by atoms with van der Waals surface area (Å²) in [7, 11) is 0. The van der Waals surface area contributed by atoms with E-state index in [1.165, 1.54) is 41.0 Å².